The lowest BCUT2D eigenvalue weighted by molar-refractivity contribution is -0.146. The lowest BCUT2D eigenvalue weighted by Crippen LogP contribution is -2.46. The molecule has 0 bridgehead atoms. The molecule has 32 heavy (non-hydrogen) atoms. The maximum atomic E-state index is 13.2. The summed E-state index contributed by atoms with van der Waals surface area (Å²) in [7, 11) is 0. The number of phenols is 1. The Morgan fingerprint density at radius 2 is 1.88 bits per heavy atom. The number of primary amides is 1. The average Bonchev–Trinajstić information content (AvgIpc) is 2.73. The number of rotatable bonds is 3. The Balaban J connectivity index is 1.87. The topological polar surface area (TPSA) is 126 Å². The number of phenolic OH excluding ortho intramolecular Hbond substituents is 1. The van der Waals surface area contributed by atoms with Crippen LogP contribution in [0.25, 0.3) is 0 Å². The molecule has 8 nitrogen and oxygen atoms in total. The van der Waals surface area contributed by atoms with Crippen LogP contribution in [0.4, 0.5) is 5.69 Å². The molecule has 2 atom stereocenters. The maximum absolute atomic E-state index is 13.2. The van der Waals surface area contributed by atoms with Crippen molar-refractivity contribution < 1.29 is 19.5 Å². The molecule has 2 heterocycles. The van der Waals surface area contributed by atoms with E-state index in [1.165, 1.54) is 18.5 Å². The minimum absolute atomic E-state index is 0.138. The zero-order chi connectivity index (χ0) is 23.6. The molecule has 3 amide bonds. The highest BCUT2D eigenvalue weighted by atomic mass is 16.3. The van der Waals surface area contributed by atoms with Crippen LogP contribution in [-0.4, -0.2) is 39.3 Å². The van der Waals surface area contributed by atoms with Gasteiger partial charge in [-0.25, -0.2) is 0 Å². The van der Waals surface area contributed by atoms with Crippen molar-refractivity contribution in [3.63, 3.8) is 0 Å². The van der Waals surface area contributed by atoms with E-state index in [4.69, 9.17) is 5.73 Å². The summed E-state index contributed by atoms with van der Waals surface area (Å²) < 4.78 is 0. The first-order valence-electron chi connectivity index (χ1n) is 10.7. The molecular formula is C24H30N4O4. The van der Waals surface area contributed by atoms with Crippen LogP contribution in [-0.2, 0) is 15.0 Å². The number of likely N-dealkylation sites (tertiary alicyclic amines) is 1. The number of piperidine rings is 1. The molecule has 4 N–H and O–H groups in total. The van der Waals surface area contributed by atoms with Crippen LogP contribution < -0.4 is 11.1 Å². The lowest BCUT2D eigenvalue weighted by atomic mass is 9.83. The van der Waals surface area contributed by atoms with E-state index in [-0.39, 0.29) is 34.4 Å². The van der Waals surface area contributed by atoms with Crippen LogP contribution in [0.2, 0.25) is 0 Å². The van der Waals surface area contributed by atoms with Crippen LogP contribution in [0.15, 0.2) is 36.7 Å². The number of carbonyl (C=O) groups is 3. The Hall–Kier alpha value is -3.42. The zero-order valence-electron chi connectivity index (χ0n) is 18.9. The summed E-state index contributed by atoms with van der Waals surface area (Å²) in [5.74, 6) is -1.67. The highest BCUT2D eigenvalue weighted by Gasteiger charge is 2.35. The highest BCUT2D eigenvalue weighted by Crippen LogP contribution is 2.38. The van der Waals surface area contributed by atoms with Gasteiger partial charge in [-0.05, 0) is 53.5 Å². The van der Waals surface area contributed by atoms with Crippen molar-refractivity contribution in [3.05, 3.63) is 53.3 Å². The number of benzene rings is 1. The number of pyridine rings is 1. The molecule has 1 aromatic carbocycles. The molecular weight excluding hydrogens is 408 g/mol. The molecule has 1 aliphatic rings. The largest absolute Gasteiger partial charge is 0.508 e. The smallest absolute Gasteiger partial charge is 0.313 e. The molecule has 1 aliphatic heterocycles. The molecule has 0 spiro atoms. The Morgan fingerprint density at radius 3 is 2.53 bits per heavy atom. The third-order valence-electron chi connectivity index (χ3n) is 5.77. The van der Waals surface area contributed by atoms with Gasteiger partial charge in [0.05, 0.1) is 23.5 Å². The molecule has 0 unspecified atom stereocenters. The fraction of sp³-hybridized carbons (Fsp3) is 0.417. The van der Waals surface area contributed by atoms with Crippen molar-refractivity contribution in [1.29, 1.82) is 0 Å². The van der Waals surface area contributed by atoms with Crippen LogP contribution >= 0.6 is 0 Å². The van der Waals surface area contributed by atoms with E-state index in [2.05, 4.69) is 10.3 Å². The molecule has 3 rings (SSSR count). The number of aromatic nitrogens is 1. The molecule has 1 fully saturated rings. The molecule has 0 aliphatic carbocycles. The maximum Gasteiger partial charge on any atom is 0.313 e. The predicted molar refractivity (Wildman–Crippen MR) is 121 cm³/mol. The van der Waals surface area contributed by atoms with Gasteiger partial charge in [-0.3, -0.25) is 19.4 Å². The summed E-state index contributed by atoms with van der Waals surface area (Å²) in [4.78, 5) is 42.7. The number of amides is 3. The monoisotopic (exact) mass is 438 g/mol. The van der Waals surface area contributed by atoms with Gasteiger partial charge >= 0.3 is 11.8 Å². The van der Waals surface area contributed by atoms with Gasteiger partial charge in [0.1, 0.15) is 5.75 Å². The first-order valence-corrected chi connectivity index (χ1v) is 10.7. The van der Waals surface area contributed by atoms with Crippen molar-refractivity contribution in [2.45, 2.75) is 52.0 Å². The average molecular weight is 439 g/mol. The van der Waals surface area contributed by atoms with Crippen molar-refractivity contribution in [1.82, 2.24) is 9.88 Å². The Labute approximate surface area is 187 Å². The molecule has 8 heteroatoms. The second-order valence-corrected chi connectivity index (χ2v) is 9.46. The number of anilines is 1. The van der Waals surface area contributed by atoms with E-state index < -0.39 is 17.7 Å². The first kappa shape index (κ1) is 23.2. The van der Waals surface area contributed by atoms with Gasteiger partial charge in [0.2, 0.25) is 5.91 Å². The van der Waals surface area contributed by atoms with Gasteiger partial charge < -0.3 is 21.1 Å². The number of nitrogens with two attached hydrogens (primary N) is 1. The Bertz CT molecular complexity index is 1040. The van der Waals surface area contributed by atoms with Gasteiger partial charge in [0.25, 0.3) is 0 Å². The van der Waals surface area contributed by atoms with E-state index in [9.17, 15) is 19.5 Å². The summed E-state index contributed by atoms with van der Waals surface area (Å²) in [6.07, 6.45) is 4.28. The number of carbonyl (C=O) groups excluding carboxylic acids is 3. The van der Waals surface area contributed by atoms with E-state index >= 15 is 0 Å². The van der Waals surface area contributed by atoms with Gasteiger partial charge in [0.15, 0.2) is 0 Å². The number of nitrogens with zero attached hydrogens (tertiary/aromatic N) is 2. The first-order chi connectivity index (χ1) is 15.0. The second-order valence-electron chi connectivity index (χ2n) is 9.46. The summed E-state index contributed by atoms with van der Waals surface area (Å²) >= 11 is 0. The second kappa shape index (κ2) is 8.98. The van der Waals surface area contributed by atoms with Gasteiger partial charge in [-0.2, -0.15) is 0 Å². The minimum atomic E-state index is -0.803. The highest BCUT2D eigenvalue weighted by molar-refractivity contribution is 6.39. The molecule has 1 saturated heterocycles. The van der Waals surface area contributed by atoms with Crippen LogP contribution in [0, 0.1) is 5.92 Å². The standard InChI is InChI=1S/C24H30N4O4/c1-14-5-7-19(15-6-8-20(29)18(10-15)24(2,3)4)28(13-14)23(32)22(31)27-17-9-16(21(25)30)11-26-12-17/h6,8-12,14,19,29H,5,7,13H2,1-4H3,(H2,25,30)(H,27,31)/t14-,19+/m0/s1. The fourth-order valence-electron chi connectivity index (χ4n) is 4.04. The normalized spacial score (nSPS) is 18.8. The van der Waals surface area contributed by atoms with Crippen molar-refractivity contribution in [2.24, 2.45) is 11.7 Å². The van der Waals surface area contributed by atoms with E-state index in [1.807, 2.05) is 39.8 Å². The summed E-state index contributed by atoms with van der Waals surface area (Å²) in [6, 6.07) is 6.49. The number of hydrogen-bond donors (Lipinski definition) is 3. The van der Waals surface area contributed by atoms with E-state index in [1.54, 1.807) is 11.0 Å². The van der Waals surface area contributed by atoms with Crippen LogP contribution in [0.5, 0.6) is 5.75 Å². The zero-order valence-corrected chi connectivity index (χ0v) is 18.9. The third-order valence-corrected chi connectivity index (χ3v) is 5.77. The lowest BCUT2D eigenvalue weighted by Gasteiger charge is -2.39. The molecule has 0 saturated carbocycles. The fourth-order valence-corrected chi connectivity index (χ4v) is 4.04. The van der Waals surface area contributed by atoms with Crippen molar-refractivity contribution in [2.75, 3.05) is 11.9 Å². The Kier molecular flexibility index (Phi) is 6.52. The van der Waals surface area contributed by atoms with Crippen molar-refractivity contribution >= 4 is 23.4 Å². The Morgan fingerprint density at radius 1 is 1.16 bits per heavy atom. The summed E-state index contributed by atoms with van der Waals surface area (Å²) in [5.41, 5.74) is 7.02. The third kappa shape index (κ3) is 5.07. The molecule has 1 aromatic heterocycles. The van der Waals surface area contributed by atoms with Gasteiger partial charge in [-0.15, -0.1) is 0 Å². The van der Waals surface area contributed by atoms with Crippen LogP contribution in [0.3, 0.4) is 0 Å². The van der Waals surface area contributed by atoms with E-state index in [0.717, 1.165) is 17.5 Å². The number of aromatic hydroxyl groups is 1. The summed E-state index contributed by atoms with van der Waals surface area (Å²) in [6.45, 7) is 8.53. The number of hydrogen-bond acceptors (Lipinski definition) is 5. The minimum Gasteiger partial charge on any atom is -0.508 e. The molecule has 2 aromatic rings. The summed E-state index contributed by atoms with van der Waals surface area (Å²) in [5, 5.41) is 12.8. The van der Waals surface area contributed by atoms with Crippen LogP contribution in [0.1, 0.15) is 68.1 Å². The predicted octanol–water partition coefficient (Wildman–Crippen LogP) is 3.12. The number of nitrogens with one attached hydrogen (secondary N) is 1. The molecule has 0 radical (unpaired) electrons. The molecule has 170 valence electrons. The quantitative estimate of drug-likeness (QED) is 0.635. The van der Waals surface area contributed by atoms with Gasteiger partial charge in [-0.1, -0.05) is 33.8 Å². The van der Waals surface area contributed by atoms with E-state index in [0.29, 0.717) is 13.0 Å². The van der Waals surface area contributed by atoms with Crippen molar-refractivity contribution in [3.8, 4) is 5.75 Å². The van der Waals surface area contributed by atoms with Gasteiger partial charge in [0, 0.05) is 12.7 Å². The SMILES string of the molecule is C[C@H]1CC[C@H](c2ccc(O)c(C(C)(C)C)c2)N(C(=O)C(=O)Nc2cncc(C(N)=O)c2)C1.